The topological polar surface area (TPSA) is 59.5 Å². The van der Waals surface area contributed by atoms with Crippen LogP contribution in [0.3, 0.4) is 0 Å². The standard InChI is InChI=1S/C13H18N2O3/c1-15(12(16)5-6-13(17)18-2)9-7-11-4-3-8-14-10-11/h3-4,8,10H,5-7,9H2,1-2H3. The normalized spacial score (nSPS) is 9.89. The molecule has 0 aliphatic carbocycles. The Balaban J connectivity index is 2.30. The molecule has 0 N–H and O–H groups in total. The molecule has 1 aromatic rings. The van der Waals surface area contributed by atoms with Gasteiger partial charge in [-0.05, 0) is 18.1 Å². The Kier molecular flexibility index (Phi) is 5.84. The average Bonchev–Trinajstić information content (AvgIpc) is 2.42. The summed E-state index contributed by atoms with van der Waals surface area (Å²) in [6, 6.07) is 3.84. The van der Waals surface area contributed by atoms with E-state index in [1.807, 2.05) is 12.1 Å². The largest absolute Gasteiger partial charge is 0.469 e. The summed E-state index contributed by atoms with van der Waals surface area (Å²) >= 11 is 0. The van der Waals surface area contributed by atoms with E-state index >= 15 is 0 Å². The molecule has 5 heteroatoms. The van der Waals surface area contributed by atoms with Crippen molar-refractivity contribution in [2.75, 3.05) is 20.7 Å². The number of likely N-dealkylation sites (N-methyl/N-ethyl adjacent to an activating group) is 1. The molecular formula is C13H18N2O3. The van der Waals surface area contributed by atoms with Gasteiger partial charge in [-0.15, -0.1) is 0 Å². The van der Waals surface area contributed by atoms with Crippen molar-refractivity contribution in [3.8, 4) is 0 Å². The molecule has 5 nitrogen and oxygen atoms in total. The third-order valence-electron chi connectivity index (χ3n) is 2.66. The number of esters is 1. The predicted octanol–water partition coefficient (Wildman–Crippen LogP) is 1.04. The first-order chi connectivity index (χ1) is 8.63. The van der Waals surface area contributed by atoms with Gasteiger partial charge < -0.3 is 9.64 Å². The van der Waals surface area contributed by atoms with Gasteiger partial charge in [0.05, 0.1) is 13.5 Å². The number of hydrogen-bond acceptors (Lipinski definition) is 4. The molecule has 1 amide bonds. The maximum atomic E-state index is 11.7. The zero-order valence-corrected chi connectivity index (χ0v) is 10.8. The number of hydrogen-bond donors (Lipinski definition) is 0. The third-order valence-corrected chi connectivity index (χ3v) is 2.66. The van der Waals surface area contributed by atoms with Gasteiger partial charge in [-0.25, -0.2) is 0 Å². The van der Waals surface area contributed by atoms with Gasteiger partial charge in [0.15, 0.2) is 0 Å². The summed E-state index contributed by atoms with van der Waals surface area (Å²) in [5, 5.41) is 0. The molecule has 18 heavy (non-hydrogen) atoms. The first kappa shape index (κ1) is 14.2. The van der Waals surface area contributed by atoms with Crippen molar-refractivity contribution >= 4 is 11.9 Å². The maximum Gasteiger partial charge on any atom is 0.306 e. The van der Waals surface area contributed by atoms with Crippen molar-refractivity contribution in [2.24, 2.45) is 0 Å². The number of carbonyl (C=O) groups excluding carboxylic acids is 2. The number of carbonyl (C=O) groups is 2. The van der Waals surface area contributed by atoms with Crippen LogP contribution in [0.4, 0.5) is 0 Å². The number of pyridine rings is 1. The van der Waals surface area contributed by atoms with E-state index in [-0.39, 0.29) is 24.7 Å². The smallest absolute Gasteiger partial charge is 0.306 e. The molecule has 1 aromatic heterocycles. The van der Waals surface area contributed by atoms with Crippen LogP contribution in [0, 0.1) is 0 Å². The number of methoxy groups -OCH3 is 1. The van der Waals surface area contributed by atoms with E-state index in [1.54, 1.807) is 24.3 Å². The highest BCUT2D eigenvalue weighted by Crippen LogP contribution is 2.01. The number of rotatable bonds is 6. The first-order valence-corrected chi connectivity index (χ1v) is 5.83. The Morgan fingerprint density at radius 3 is 2.78 bits per heavy atom. The molecule has 0 bridgehead atoms. The molecule has 0 spiro atoms. The van der Waals surface area contributed by atoms with Gasteiger partial charge in [0.2, 0.25) is 5.91 Å². The quantitative estimate of drug-likeness (QED) is 0.708. The molecule has 0 unspecified atom stereocenters. The predicted molar refractivity (Wildman–Crippen MR) is 66.8 cm³/mol. The minimum absolute atomic E-state index is 0.0516. The summed E-state index contributed by atoms with van der Waals surface area (Å²) in [5.74, 6) is -0.409. The summed E-state index contributed by atoms with van der Waals surface area (Å²) < 4.78 is 4.49. The Morgan fingerprint density at radius 2 is 2.17 bits per heavy atom. The molecule has 0 radical (unpaired) electrons. The van der Waals surface area contributed by atoms with E-state index in [0.717, 1.165) is 12.0 Å². The minimum Gasteiger partial charge on any atom is -0.469 e. The Hall–Kier alpha value is -1.91. The second-order valence-electron chi connectivity index (χ2n) is 4.00. The maximum absolute atomic E-state index is 11.7. The molecule has 0 aromatic carbocycles. The van der Waals surface area contributed by atoms with Crippen LogP contribution in [0.25, 0.3) is 0 Å². The van der Waals surface area contributed by atoms with Crippen LogP contribution in [0.15, 0.2) is 24.5 Å². The van der Waals surface area contributed by atoms with Gasteiger partial charge in [-0.3, -0.25) is 14.6 Å². The fourth-order valence-electron chi connectivity index (χ4n) is 1.47. The van der Waals surface area contributed by atoms with Crippen molar-refractivity contribution in [1.29, 1.82) is 0 Å². The van der Waals surface area contributed by atoms with Crippen LogP contribution in [0.1, 0.15) is 18.4 Å². The first-order valence-electron chi connectivity index (χ1n) is 5.83. The highest BCUT2D eigenvalue weighted by molar-refractivity contribution is 5.81. The zero-order chi connectivity index (χ0) is 13.4. The van der Waals surface area contributed by atoms with E-state index in [0.29, 0.717) is 6.54 Å². The fourth-order valence-corrected chi connectivity index (χ4v) is 1.47. The summed E-state index contributed by atoms with van der Waals surface area (Å²) in [5.41, 5.74) is 1.09. The van der Waals surface area contributed by atoms with E-state index in [2.05, 4.69) is 9.72 Å². The van der Waals surface area contributed by atoms with Crippen LogP contribution in [0.5, 0.6) is 0 Å². The second kappa shape index (κ2) is 7.42. The van der Waals surface area contributed by atoms with Crippen LogP contribution in [-0.2, 0) is 20.7 Å². The Labute approximate surface area is 107 Å². The molecule has 0 saturated carbocycles. The lowest BCUT2D eigenvalue weighted by Gasteiger charge is -2.16. The Morgan fingerprint density at radius 1 is 1.39 bits per heavy atom. The van der Waals surface area contributed by atoms with Crippen molar-refractivity contribution in [1.82, 2.24) is 9.88 Å². The van der Waals surface area contributed by atoms with Crippen LogP contribution in [-0.4, -0.2) is 42.5 Å². The van der Waals surface area contributed by atoms with Crippen LogP contribution in [0.2, 0.25) is 0 Å². The van der Waals surface area contributed by atoms with E-state index in [9.17, 15) is 9.59 Å². The highest BCUT2D eigenvalue weighted by Gasteiger charge is 2.11. The van der Waals surface area contributed by atoms with Gasteiger partial charge >= 0.3 is 5.97 Å². The van der Waals surface area contributed by atoms with Crippen molar-refractivity contribution in [3.63, 3.8) is 0 Å². The average molecular weight is 250 g/mol. The molecule has 0 aliphatic rings. The van der Waals surface area contributed by atoms with E-state index in [4.69, 9.17) is 0 Å². The van der Waals surface area contributed by atoms with Gasteiger partial charge in [0.1, 0.15) is 0 Å². The second-order valence-corrected chi connectivity index (χ2v) is 4.00. The monoisotopic (exact) mass is 250 g/mol. The number of amides is 1. The molecule has 1 rings (SSSR count). The lowest BCUT2D eigenvalue weighted by atomic mass is 10.2. The van der Waals surface area contributed by atoms with E-state index < -0.39 is 0 Å². The van der Waals surface area contributed by atoms with Gasteiger partial charge in [-0.1, -0.05) is 6.07 Å². The lowest BCUT2D eigenvalue weighted by Crippen LogP contribution is -2.29. The fraction of sp³-hybridized carbons (Fsp3) is 0.462. The molecule has 0 saturated heterocycles. The number of nitrogens with zero attached hydrogens (tertiary/aromatic N) is 2. The van der Waals surface area contributed by atoms with Crippen LogP contribution < -0.4 is 0 Å². The molecular weight excluding hydrogens is 232 g/mol. The highest BCUT2D eigenvalue weighted by atomic mass is 16.5. The molecule has 98 valence electrons. The van der Waals surface area contributed by atoms with Crippen molar-refractivity contribution in [2.45, 2.75) is 19.3 Å². The Bertz CT molecular complexity index is 392. The SMILES string of the molecule is COC(=O)CCC(=O)N(C)CCc1cccnc1. The van der Waals surface area contributed by atoms with Crippen molar-refractivity contribution < 1.29 is 14.3 Å². The number of ether oxygens (including phenoxy) is 1. The molecule has 0 aliphatic heterocycles. The molecule has 0 fully saturated rings. The summed E-state index contributed by atoms with van der Waals surface area (Å²) in [7, 11) is 3.05. The third kappa shape index (κ3) is 4.95. The number of aromatic nitrogens is 1. The summed E-state index contributed by atoms with van der Waals surface area (Å²) in [6.07, 6.45) is 4.58. The van der Waals surface area contributed by atoms with Gasteiger partial charge in [0, 0.05) is 32.4 Å². The van der Waals surface area contributed by atoms with E-state index in [1.165, 1.54) is 7.11 Å². The summed E-state index contributed by atoms with van der Waals surface area (Å²) in [4.78, 5) is 28.2. The van der Waals surface area contributed by atoms with Gasteiger partial charge in [0.25, 0.3) is 0 Å². The zero-order valence-electron chi connectivity index (χ0n) is 10.8. The van der Waals surface area contributed by atoms with Gasteiger partial charge in [-0.2, -0.15) is 0 Å². The van der Waals surface area contributed by atoms with Crippen LogP contribution >= 0.6 is 0 Å². The molecule has 1 heterocycles. The summed E-state index contributed by atoms with van der Waals surface area (Å²) in [6.45, 7) is 0.617. The minimum atomic E-state index is -0.357. The molecule has 0 atom stereocenters. The van der Waals surface area contributed by atoms with Crippen molar-refractivity contribution in [3.05, 3.63) is 30.1 Å². The lowest BCUT2D eigenvalue weighted by molar-refractivity contribution is -0.143.